The molecule has 2 aromatic rings. The summed E-state index contributed by atoms with van der Waals surface area (Å²) in [6, 6.07) is -0.595. The van der Waals surface area contributed by atoms with E-state index in [-0.39, 0.29) is 6.61 Å². The fraction of sp³-hybridized carbons (Fsp3) is 0.455. The average Bonchev–Trinajstić information content (AvgIpc) is 2.81. The van der Waals surface area contributed by atoms with Crippen molar-refractivity contribution in [2.45, 2.75) is 18.7 Å². The van der Waals surface area contributed by atoms with Gasteiger partial charge >= 0.3 is 5.95 Å². The Bertz CT molecular complexity index is 544. The molecule has 0 aromatic carbocycles. The van der Waals surface area contributed by atoms with Crippen LogP contribution in [-0.2, 0) is 6.54 Å². The number of aliphatic hydroxyl groups excluding tert-OH is 3. The van der Waals surface area contributed by atoms with Gasteiger partial charge in [-0.15, -0.1) is 0 Å². The van der Waals surface area contributed by atoms with Crippen LogP contribution >= 0.6 is 0 Å². The number of nitrogen functional groups attached to an aromatic ring is 1. The third kappa shape index (κ3) is 2.99. The van der Waals surface area contributed by atoms with Crippen LogP contribution in [0.25, 0.3) is 11.0 Å². The lowest BCUT2D eigenvalue weighted by atomic mass is 10.1. The molecule has 0 saturated carbocycles. The van der Waals surface area contributed by atoms with E-state index in [4.69, 9.17) is 15.9 Å². The van der Waals surface area contributed by atoms with Crippen molar-refractivity contribution in [2.24, 2.45) is 0 Å². The Morgan fingerprint density at radius 1 is 1.42 bits per heavy atom. The lowest BCUT2D eigenvalue weighted by Crippen LogP contribution is -2.44. The van der Waals surface area contributed by atoms with Crippen LogP contribution in [0.5, 0.6) is 0 Å². The molecule has 2 aromatic heterocycles. The van der Waals surface area contributed by atoms with Crippen LogP contribution in [0.3, 0.4) is 0 Å². The molecule has 0 aliphatic rings. The number of aromatic nitrogens is 3. The summed E-state index contributed by atoms with van der Waals surface area (Å²) in [6.45, 7) is -0.293. The molecule has 8 nitrogen and oxygen atoms in total. The molecule has 0 aliphatic carbocycles. The fourth-order valence-electron chi connectivity index (χ4n) is 1.84. The molecule has 0 fully saturated rings. The Balaban J connectivity index is 2.11. The predicted octanol–water partition coefficient (Wildman–Crippen LogP) is -2.24. The number of hydrogen-bond donors (Lipinski definition) is 6. The fourth-order valence-corrected chi connectivity index (χ4v) is 1.84. The highest BCUT2D eigenvalue weighted by atomic mass is 16.3. The predicted molar refractivity (Wildman–Crippen MR) is 67.9 cm³/mol. The van der Waals surface area contributed by atoms with Crippen molar-refractivity contribution in [1.29, 1.82) is 0 Å². The summed E-state index contributed by atoms with van der Waals surface area (Å²) in [5.74, 6) is 0.308. The van der Waals surface area contributed by atoms with Crippen molar-refractivity contribution < 1.29 is 20.3 Å². The minimum Gasteiger partial charge on any atom is -0.395 e. The summed E-state index contributed by atoms with van der Waals surface area (Å²) in [5.41, 5.74) is 7.99. The van der Waals surface area contributed by atoms with Crippen LogP contribution in [0, 0.1) is 0 Å². The van der Waals surface area contributed by atoms with Gasteiger partial charge in [-0.2, -0.15) is 0 Å². The maximum atomic E-state index is 9.48. The summed E-state index contributed by atoms with van der Waals surface area (Å²) >= 11 is 0. The van der Waals surface area contributed by atoms with Crippen molar-refractivity contribution in [1.82, 2.24) is 15.3 Å². The van der Waals surface area contributed by atoms with Crippen molar-refractivity contribution in [3.63, 3.8) is 0 Å². The summed E-state index contributed by atoms with van der Waals surface area (Å²) < 4.78 is 0. The highest BCUT2D eigenvalue weighted by molar-refractivity contribution is 5.77. The van der Waals surface area contributed by atoms with Crippen molar-refractivity contribution >= 4 is 17.0 Å². The van der Waals surface area contributed by atoms with Gasteiger partial charge in [-0.3, -0.25) is 5.73 Å². The summed E-state index contributed by atoms with van der Waals surface area (Å²) in [5, 5.41) is 30.4. The van der Waals surface area contributed by atoms with Gasteiger partial charge in [0.2, 0.25) is 0 Å². The van der Waals surface area contributed by atoms with E-state index < -0.39 is 18.8 Å². The van der Waals surface area contributed by atoms with Crippen molar-refractivity contribution in [3.8, 4) is 0 Å². The monoisotopic (exact) mass is 268 g/mol. The normalized spacial score (nSPS) is 14.7. The number of H-pyrrole nitrogens is 2. The first-order valence-corrected chi connectivity index (χ1v) is 5.93. The summed E-state index contributed by atoms with van der Waals surface area (Å²) in [6.07, 6.45) is 2.48. The second-order valence-corrected chi connectivity index (χ2v) is 4.28. The first-order chi connectivity index (χ1) is 9.15. The van der Waals surface area contributed by atoms with Crippen LogP contribution in [0.2, 0.25) is 0 Å². The van der Waals surface area contributed by atoms with Crippen LogP contribution in [0.15, 0.2) is 12.4 Å². The van der Waals surface area contributed by atoms with Gasteiger partial charge in [0.05, 0.1) is 31.6 Å². The van der Waals surface area contributed by atoms with E-state index in [1.54, 1.807) is 12.4 Å². The molecule has 2 heterocycles. The minimum atomic E-state index is -1.01. The van der Waals surface area contributed by atoms with Gasteiger partial charge in [0.15, 0.2) is 5.52 Å². The molecule has 8 heteroatoms. The molecule has 2 atom stereocenters. The second kappa shape index (κ2) is 5.93. The number of nitrogens with two attached hydrogens (primary N) is 1. The van der Waals surface area contributed by atoms with E-state index >= 15 is 0 Å². The molecule has 0 unspecified atom stereocenters. The lowest BCUT2D eigenvalue weighted by molar-refractivity contribution is -0.362. The van der Waals surface area contributed by atoms with Crippen LogP contribution in [0.1, 0.15) is 5.56 Å². The van der Waals surface area contributed by atoms with Crippen molar-refractivity contribution in [3.05, 3.63) is 18.0 Å². The molecule has 0 saturated heterocycles. The Kier molecular flexibility index (Phi) is 4.27. The molecule has 0 radical (unpaired) electrons. The van der Waals surface area contributed by atoms with Gasteiger partial charge in [-0.1, -0.05) is 4.98 Å². The topological polar surface area (TPSA) is 142 Å². The number of hydrogen-bond acceptors (Lipinski definition) is 6. The van der Waals surface area contributed by atoms with E-state index in [1.165, 1.54) is 0 Å². The van der Waals surface area contributed by atoms with E-state index in [1.807, 2.05) is 0 Å². The highest BCUT2D eigenvalue weighted by Crippen LogP contribution is 2.14. The van der Waals surface area contributed by atoms with Gasteiger partial charge in [0, 0.05) is 18.3 Å². The minimum absolute atomic E-state index is 0.270. The third-order valence-corrected chi connectivity index (χ3v) is 2.96. The summed E-state index contributed by atoms with van der Waals surface area (Å²) in [4.78, 5) is 10.0. The number of fused-ring (bicyclic) bond motifs is 1. The van der Waals surface area contributed by atoms with Crippen LogP contribution in [0.4, 0.5) is 5.95 Å². The maximum absolute atomic E-state index is 9.48. The zero-order valence-corrected chi connectivity index (χ0v) is 10.3. The molecular formula is C11H18N5O3+. The summed E-state index contributed by atoms with van der Waals surface area (Å²) in [7, 11) is 0. The largest absolute Gasteiger partial charge is 0.395 e. The Morgan fingerprint density at radius 3 is 2.89 bits per heavy atom. The first-order valence-electron chi connectivity index (χ1n) is 5.93. The molecule has 19 heavy (non-hydrogen) atoms. The number of aliphatic hydroxyl groups is 3. The van der Waals surface area contributed by atoms with Crippen molar-refractivity contribution in [2.75, 3.05) is 18.9 Å². The maximum Gasteiger partial charge on any atom is 0.387 e. The smallest absolute Gasteiger partial charge is 0.387 e. The van der Waals surface area contributed by atoms with E-state index in [0.29, 0.717) is 12.5 Å². The van der Waals surface area contributed by atoms with Crippen LogP contribution in [-0.4, -0.2) is 50.6 Å². The van der Waals surface area contributed by atoms with Crippen LogP contribution < -0.4 is 16.0 Å². The molecule has 0 amide bonds. The number of rotatable bonds is 6. The zero-order chi connectivity index (χ0) is 13.8. The Hall–Kier alpha value is -1.74. The van der Waals surface area contributed by atoms with E-state index in [0.717, 1.165) is 16.6 Å². The molecule has 0 spiro atoms. The number of nitrogens with one attached hydrogen (secondary N) is 3. The van der Waals surface area contributed by atoms with Gasteiger partial charge in [-0.05, 0) is 0 Å². The molecular weight excluding hydrogens is 250 g/mol. The number of aromatic amines is 2. The average molecular weight is 268 g/mol. The lowest BCUT2D eigenvalue weighted by Gasteiger charge is -2.20. The first kappa shape index (κ1) is 13.7. The molecule has 2 rings (SSSR count). The van der Waals surface area contributed by atoms with Gasteiger partial charge < -0.3 is 25.6 Å². The molecule has 0 aliphatic heterocycles. The second-order valence-electron chi connectivity index (χ2n) is 4.28. The SMILES string of the molecule is Nc1nc2c(CN[C@H](CO)[C@H](O)CO)c[nH]c2c[nH+]1. The highest BCUT2D eigenvalue weighted by Gasteiger charge is 2.18. The van der Waals surface area contributed by atoms with Gasteiger partial charge in [0.25, 0.3) is 0 Å². The Morgan fingerprint density at radius 2 is 2.21 bits per heavy atom. The van der Waals surface area contributed by atoms with Gasteiger partial charge in [0.1, 0.15) is 5.52 Å². The molecule has 8 N–H and O–H groups in total. The third-order valence-electron chi connectivity index (χ3n) is 2.96. The molecule has 0 bridgehead atoms. The molecule has 104 valence electrons. The number of nitrogens with zero attached hydrogens (tertiary/aromatic N) is 1. The number of anilines is 1. The quantitative estimate of drug-likeness (QED) is 0.350. The van der Waals surface area contributed by atoms with E-state index in [9.17, 15) is 5.11 Å². The Labute approximate surface area is 109 Å². The standard InChI is InChI=1S/C11H17N5O3/c12-11-15-3-7-10(16-11)6(1-13-7)2-14-8(4-17)9(19)5-18/h1,3,8-9,13-14,17-19H,2,4-5H2,(H2,12,15,16)/p+1/t8-,9-/m1/s1. The zero-order valence-electron chi connectivity index (χ0n) is 10.3. The van der Waals surface area contributed by atoms with E-state index in [2.05, 4.69) is 20.3 Å². The van der Waals surface area contributed by atoms with Gasteiger partial charge in [-0.25, -0.2) is 4.98 Å².